The van der Waals surface area contributed by atoms with E-state index in [1.165, 1.54) is 12.1 Å². The monoisotopic (exact) mass is 402 g/mol. The summed E-state index contributed by atoms with van der Waals surface area (Å²) in [4.78, 5) is 26.6. The summed E-state index contributed by atoms with van der Waals surface area (Å²) in [5.74, 6) is 0.289. The van der Waals surface area contributed by atoms with Gasteiger partial charge in [0.1, 0.15) is 16.9 Å². The molecule has 2 aromatic carbocycles. The third kappa shape index (κ3) is 4.65. The highest BCUT2D eigenvalue weighted by Crippen LogP contribution is 2.45. The van der Waals surface area contributed by atoms with Crippen molar-refractivity contribution in [2.75, 3.05) is 13.7 Å². The number of carbonyl (C=O) groups is 2. The number of halogens is 1. The van der Waals surface area contributed by atoms with Gasteiger partial charge in [0.05, 0.1) is 12.4 Å². The molecule has 0 spiro atoms. The van der Waals surface area contributed by atoms with Crippen molar-refractivity contribution in [3.05, 3.63) is 65.5 Å². The summed E-state index contributed by atoms with van der Waals surface area (Å²) in [6.07, 6.45) is 0.200. The van der Waals surface area contributed by atoms with Gasteiger partial charge in [-0.15, -0.1) is 11.8 Å². The van der Waals surface area contributed by atoms with Crippen LogP contribution in [0.5, 0.6) is 5.75 Å². The van der Waals surface area contributed by atoms with Gasteiger partial charge in [-0.05, 0) is 30.7 Å². The smallest absolute Gasteiger partial charge is 0.236 e. The Hall–Kier alpha value is -2.54. The van der Waals surface area contributed by atoms with E-state index in [0.29, 0.717) is 13.1 Å². The standard InChI is InChI=1S/C21H23FN2O3S/c1-14-20(26)24(21(28-14)17-5-3-4-6-18(17)27-2)12-11-19(25)23-13-15-7-9-16(22)10-8-15/h3-10,14,21H,11-13H2,1-2H3,(H,23,25)/t14-,21+/m1/s1. The van der Waals surface area contributed by atoms with Gasteiger partial charge in [-0.1, -0.05) is 30.3 Å². The van der Waals surface area contributed by atoms with Crippen LogP contribution in [-0.2, 0) is 16.1 Å². The molecule has 28 heavy (non-hydrogen) atoms. The fourth-order valence-corrected chi connectivity index (χ4v) is 4.46. The van der Waals surface area contributed by atoms with Crippen molar-refractivity contribution in [3.63, 3.8) is 0 Å². The lowest BCUT2D eigenvalue weighted by Crippen LogP contribution is -2.34. The van der Waals surface area contributed by atoms with Gasteiger partial charge < -0.3 is 15.0 Å². The molecule has 0 unspecified atom stereocenters. The molecule has 0 saturated carbocycles. The number of rotatable bonds is 7. The zero-order valence-corrected chi connectivity index (χ0v) is 16.7. The minimum absolute atomic E-state index is 0.0206. The molecule has 0 aliphatic carbocycles. The largest absolute Gasteiger partial charge is 0.496 e. The van der Waals surface area contributed by atoms with Gasteiger partial charge >= 0.3 is 0 Å². The normalized spacial score (nSPS) is 19.0. The Balaban J connectivity index is 1.61. The number of ether oxygens (including phenoxy) is 1. The van der Waals surface area contributed by atoms with E-state index >= 15 is 0 Å². The number of hydrogen-bond acceptors (Lipinski definition) is 4. The van der Waals surface area contributed by atoms with E-state index in [0.717, 1.165) is 16.9 Å². The maximum absolute atomic E-state index is 12.9. The van der Waals surface area contributed by atoms with Crippen molar-refractivity contribution in [1.82, 2.24) is 10.2 Å². The molecule has 7 heteroatoms. The quantitative estimate of drug-likeness (QED) is 0.770. The van der Waals surface area contributed by atoms with Crippen LogP contribution in [0.4, 0.5) is 4.39 Å². The Morgan fingerprint density at radius 3 is 2.64 bits per heavy atom. The van der Waals surface area contributed by atoms with E-state index < -0.39 is 0 Å². The predicted molar refractivity (Wildman–Crippen MR) is 107 cm³/mol. The summed E-state index contributed by atoms with van der Waals surface area (Å²) in [5.41, 5.74) is 1.75. The van der Waals surface area contributed by atoms with Crippen LogP contribution in [0.1, 0.15) is 29.8 Å². The minimum atomic E-state index is -0.309. The van der Waals surface area contributed by atoms with Crippen LogP contribution in [0.2, 0.25) is 0 Å². The van der Waals surface area contributed by atoms with E-state index in [1.807, 2.05) is 31.2 Å². The lowest BCUT2D eigenvalue weighted by molar-refractivity contribution is -0.130. The van der Waals surface area contributed by atoms with Crippen LogP contribution in [0.25, 0.3) is 0 Å². The topological polar surface area (TPSA) is 58.6 Å². The van der Waals surface area contributed by atoms with E-state index in [4.69, 9.17) is 4.74 Å². The third-order valence-electron chi connectivity index (χ3n) is 4.63. The van der Waals surface area contributed by atoms with Crippen LogP contribution in [0, 0.1) is 5.82 Å². The molecule has 2 amide bonds. The number of amides is 2. The van der Waals surface area contributed by atoms with E-state index in [-0.39, 0.29) is 34.7 Å². The average Bonchev–Trinajstić information content (AvgIpc) is 2.99. The summed E-state index contributed by atoms with van der Waals surface area (Å²) < 4.78 is 18.4. The molecular formula is C21H23FN2O3S. The summed E-state index contributed by atoms with van der Waals surface area (Å²) >= 11 is 1.56. The van der Waals surface area contributed by atoms with Crippen molar-refractivity contribution in [1.29, 1.82) is 0 Å². The van der Waals surface area contributed by atoms with Crippen LogP contribution in [0.15, 0.2) is 48.5 Å². The van der Waals surface area contributed by atoms with Gasteiger partial charge in [-0.25, -0.2) is 4.39 Å². The second-order valence-electron chi connectivity index (χ2n) is 6.56. The molecule has 1 fully saturated rings. The first-order chi connectivity index (χ1) is 13.5. The third-order valence-corrected chi connectivity index (χ3v) is 6.01. The Labute approximate surface area is 168 Å². The number of hydrogen-bond donors (Lipinski definition) is 1. The maximum atomic E-state index is 12.9. The van der Waals surface area contributed by atoms with Crippen LogP contribution in [-0.4, -0.2) is 35.6 Å². The highest BCUT2D eigenvalue weighted by atomic mass is 32.2. The zero-order chi connectivity index (χ0) is 20.1. The van der Waals surface area contributed by atoms with Gasteiger partial charge in [0.2, 0.25) is 11.8 Å². The summed E-state index contributed by atoms with van der Waals surface area (Å²) in [5, 5.41) is 2.47. The molecule has 2 atom stereocenters. The second kappa shape index (κ2) is 9.10. The Kier molecular flexibility index (Phi) is 6.57. The van der Waals surface area contributed by atoms with Crippen molar-refractivity contribution < 1.29 is 18.7 Å². The number of nitrogens with one attached hydrogen (secondary N) is 1. The summed E-state index contributed by atoms with van der Waals surface area (Å²) in [6, 6.07) is 13.6. The maximum Gasteiger partial charge on any atom is 0.236 e. The first-order valence-corrected chi connectivity index (χ1v) is 10.0. The van der Waals surface area contributed by atoms with Crippen LogP contribution >= 0.6 is 11.8 Å². The molecule has 0 aromatic heterocycles. The zero-order valence-electron chi connectivity index (χ0n) is 15.9. The fraction of sp³-hybridized carbons (Fsp3) is 0.333. The highest BCUT2D eigenvalue weighted by molar-refractivity contribution is 8.01. The summed E-state index contributed by atoms with van der Waals surface area (Å²) in [7, 11) is 1.61. The minimum Gasteiger partial charge on any atom is -0.496 e. The van der Waals surface area contributed by atoms with Crippen molar-refractivity contribution in [2.45, 2.75) is 30.5 Å². The van der Waals surface area contributed by atoms with Crippen LogP contribution in [0.3, 0.4) is 0 Å². The predicted octanol–water partition coefficient (Wildman–Crippen LogP) is 3.50. The second-order valence-corrected chi connectivity index (χ2v) is 7.98. The number of benzene rings is 2. The number of thioether (sulfide) groups is 1. The molecule has 1 saturated heterocycles. The molecule has 1 aliphatic rings. The van der Waals surface area contributed by atoms with Gasteiger partial charge in [0, 0.05) is 25.1 Å². The molecule has 3 rings (SSSR count). The SMILES string of the molecule is COc1ccccc1[C@@H]1S[C@H](C)C(=O)N1CCC(=O)NCc1ccc(F)cc1. The number of nitrogens with zero attached hydrogens (tertiary/aromatic N) is 1. The van der Waals surface area contributed by atoms with Gasteiger partial charge in [-0.3, -0.25) is 9.59 Å². The summed E-state index contributed by atoms with van der Waals surface area (Å²) in [6.45, 7) is 2.53. The fourth-order valence-electron chi connectivity index (χ4n) is 3.13. The van der Waals surface area contributed by atoms with Gasteiger partial charge in [0.25, 0.3) is 0 Å². The molecule has 148 valence electrons. The first kappa shape index (κ1) is 20.2. The molecular weight excluding hydrogens is 379 g/mol. The molecule has 5 nitrogen and oxygen atoms in total. The molecule has 1 aliphatic heterocycles. The van der Waals surface area contributed by atoms with Gasteiger partial charge in [0.15, 0.2) is 0 Å². The highest BCUT2D eigenvalue weighted by Gasteiger charge is 2.39. The Morgan fingerprint density at radius 2 is 1.93 bits per heavy atom. The number of methoxy groups -OCH3 is 1. The van der Waals surface area contributed by atoms with Crippen LogP contribution < -0.4 is 10.1 Å². The molecule has 2 aromatic rings. The van der Waals surface area contributed by atoms with Crippen molar-refractivity contribution >= 4 is 23.6 Å². The molecule has 0 radical (unpaired) electrons. The lowest BCUT2D eigenvalue weighted by Gasteiger charge is -2.25. The number of carbonyl (C=O) groups excluding carboxylic acids is 2. The van der Waals surface area contributed by atoms with Crippen molar-refractivity contribution in [3.8, 4) is 5.75 Å². The van der Waals surface area contributed by atoms with Gasteiger partial charge in [-0.2, -0.15) is 0 Å². The average molecular weight is 402 g/mol. The first-order valence-electron chi connectivity index (χ1n) is 9.09. The molecule has 1 N–H and O–H groups in total. The Morgan fingerprint density at radius 1 is 1.21 bits per heavy atom. The molecule has 1 heterocycles. The van der Waals surface area contributed by atoms with E-state index in [1.54, 1.807) is 35.9 Å². The Bertz CT molecular complexity index is 844. The number of para-hydroxylation sites is 1. The lowest BCUT2D eigenvalue weighted by atomic mass is 10.1. The van der Waals surface area contributed by atoms with E-state index in [9.17, 15) is 14.0 Å². The van der Waals surface area contributed by atoms with E-state index in [2.05, 4.69) is 5.32 Å². The molecule has 0 bridgehead atoms. The van der Waals surface area contributed by atoms with Crippen molar-refractivity contribution in [2.24, 2.45) is 0 Å².